The Balaban J connectivity index is 1.19. The van der Waals surface area contributed by atoms with Crippen molar-refractivity contribution in [2.45, 2.75) is 51.4 Å². The third kappa shape index (κ3) is 4.83. The second-order valence-corrected chi connectivity index (χ2v) is 16.6. The normalized spacial score (nSPS) is 14.9. The minimum Gasteiger partial charge on any atom is -0.456 e. The molecule has 0 aliphatic heterocycles. The topological polar surface area (TPSA) is 56.7 Å². The smallest absolute Gasteiger partial charge is 0.164 e. The molecule has 7 aromatic carbocycles. The molecule has 5 nitrogen and oxygen atoms in total. The van der Waals surface area contributed by atoms with E-state index < -0.39 is 0 Å². The van der Waals surface area contributed by atoms with Crippen molar-refractivity contribution in [2.24, 2.45) is 0 Å². The molecule has 0 unspecified atom stereocenters. The number of furan rings is 1. The molecule has 0 radical (unpaired) electrons. The SMILES string of the molecule is CC1(C)CCC(C)(C)c2c1ccc1c3ccccc3n(-c3cccc4c(-c5nc(-c6ccccc6)nc(-c6cccc7oc8ccccc8c67)n5)cccc34)c21. The molecule has 56 heavy (non-hydrogen) atoms. The average Bonchev–Trinajstić information content (AvgIpc) is 3.78. The van der Waals surface area contributed by atoms with Gasteiger partial charge in [-0.15, -0.1) is 0 Å². The van der Waals surface area contributed by atoms with Crippen molar-refractivity contribution in [2.75, 3.05) is 0 Å². The molecule has 0 saturated heterocycles. The van der Waals surface area contributed by atoms with Gasteiger partial charge in [0.1, 0.15) is 11.2 Å². The molecule has 3 heterocycles. The van der Waals surface area contributed by atoms with Crippen LogP contribution >= 0.6 is 0 Å². The molecule has 10 aromatic rings. The summed E-state index contributed by atoms with van der Waals surface area (Å²) >= 11 is 0. The van der Waals surface area contributed by atoms with Gasteiger partial charge in [0.2, 0.25) is 0 Å². The van der Waals surface area contributed by atoms with Gasteiger partial charge in [-0.2, -0.15) is 0 Å². The molecule has 1 aliphatic carbocycles. The summed E-state index contributed by atoms with van der Waals surface area (Å²) < 4.78 is 8.84. The number of benzene rings is 7. The van der Waals surface area contributed by atoms with E-state index in [1.165, 1.54) is 39.4 Å². The van der Waals surface area contributed by atoms with Crippen LogP contribution in [0, 0.1) is 0 Å². The Morgan fingerprint density at radius 1 is 0.482 bits per heavy atom. The van der Waals surface area contributed by atoms with Crippen molar-refractivity contribution >= 4 is 54.5 Å². The summed E-state index contributed by atoms with van der Waals surface area (Å²) in [6.07, 6.45) is 2.31. The van der Waals surface area contributed by atoms with Gasteiger partial charge in [0, 0.05) is 43.6 Å². The Bertz CT molecular complexity index is 3200. The average molecular weight is 725 g/mol. The van der Waals surface area contributed by atoms with Crippen LogP contribution < -0.4 is 0 Å². The monoisotopic (exact) mass is 724 g/mol. The van der Waals surface area contributed by atoms with Crippen LogP contribution in [0.15, 0.2) is 150 Å². The fourth-order valence-corrected chi connectivity index (χ4v) is 9.42. The second-order valence-electron chi connectivity index (χ2n) is 16.6. The summed E-state index contributed by atoms with van der Waals surface area (Å²) in [6, 6.07) is 51.3. The van der Waals surface area contributed by atoms with Crippen molar-refractivity contribution in [1.82, 2.24) is 19.5 Å². The highest BCUT2D eigenvalue weighted by Gasteiger charge is 2.39. The molecular weight excluding hydrogens is 685 g/mol. The lowest BCUT2D eigenvalue weighted by molar-refractivity contribution is 0.334. The fourth-order valence-electron chi connectivity index (χ4n) is 9.42. The zero-order valence-corrected chi connectivity index (χ0v) is 32.0. The van der Waals surface area contributed by atoms with Crippen LogP contribution in [0.4, 0.5) is 0 Å². The summed E-state index contributed by atoms with van der Waals surface area (Å²) in [5, 5.41) is 6.84. The lowest BCUT2D eigenvalue weighted by atomic mass is 9.62. The van der Waals surface area contributed by atoms with Crippen LogP contribution in [-0.4, -0.2) is 19.5 Å². The van der Waals surface area contributed by atoms with Gasteiger partial charge in [0.25, 0.3) is 0 Å². The molecule has 0 fully saturated rings. The zero-order chi connectivity index (χ0) is 37.8. The van der Waals surface area contributed by atoms with E-state index in [-0.39, 0.29) is 10.8 Å². The Kier molecular flexibility index (Phi) is 7.00. The van der Waals surface area contributed by atoms with Crippen molar-refractivity contribution in [3.8, 4) is 39.9 Å². The molecule has 3 aromatic heterocycles. The molecule has 270 valence electrons. The summed E-state index contributed by atoms with van der Waals surface area (Å²) in [4.78, 5) is 15.7. The highest BCUT2D eigenvalue weighted by atomic mass is 16.3. The van der Waals surface area contributed by atoms with E-state index in [1.807, 2.05) is 48.5 Å². The van der Waals surface area contributed by atoms with Gasteiger partial charge in [-0.25, -0.2) is 15.0 Å². The molecule has 0 bridgehead atoms. The van der Waals surface area contributed by atoms with Crippen molar-refractivity contribution in [3.63, 3.8) is 0 Å². The van der Waals surface area contributed by atoms with Gasteiger partial charge in [-0.1, -0.05) is 149 Å². The predicted octanol–water partition coefficient (Wildman–Crippen LogP) is 13.4. The minimum absolute atomic E-state index is 0.0184. The van der Waals surface area contributed by atoms with E-state index in [9.17, 15) is 0 Å². The first-order valence-corrected chi connectivity index (χ1v) is 19.6. The Labute approximate surface area is 325 Å². The van der Waals surface area contributed by atoms with Gasteiger partial charge in [-0.05, 0) is 64.5 Å². The molecule has 0 spiro atoms. The summed E-state index contributed by atoms with van der Waals surface area (Å²) in [7, 11) is 0. The molecule has 11 rings (SSSR count). The van der Waals surface area contributed by atoms with Crippen LogP contribution in [-0.2, 0) is 10.8 Å². The van der Waals surface area contributed by atoms with Gasteiger partial charge >= 0.3 is 0 Å². The number of hydrogen-bond acceptors (Lipinski definition) is 4. The van der Waals surface area contributed by atoms with E-state index >= 15 is 0 Å². The Hall–Kier alpha value is -6.59. The molecule has 1 aliphatic rings. The van der Waals surface area contributed by atoms with E-state index in [0.717, 1.165) is 61.5 Å². The van der Waals surface area contributed by atoms with E-state index in [1.54, 1.807) is 0 Å². The molecule has 0 N–H and O–H groups in total. The highest BCUT2D eigenvalue weighted by molar-refractivity contribution is 6.14. The van der Waals surface area contributed by atoms with Gasteiger partial charge in [0.15, 0.2) is 17.5 Å². The van der Waals surface area contributed by atoms with E-state index in [2.05, 4.69) is 129 Å². The van der Waals surface area contributed by atoms with E-state index in [0.29, 0.717) is 17.5 Å². The third-order valence-corrected chi connectivity index (χ3v) is 12.3. The third-order valence-electron chi connectivity index (χ3n) is 12.3. The predicted molar refractivity (Wildman–Crippen MR) is 231 cm³/mol. The largest absolute Gasteiger partial charge is 0.456 e. The van der Waals surface area contributed by atoms with Gasteiger partial charge in [0.05, 0.1) is 16.7 Å². The van der Waals surface area contributed by atoms with Crippen molar-refractivity contribution in [1.29, 1.82) is 0 Å². The Morgan fingerprint density at radius 3 is 1.96 bits per heavy atom. The summed E-state index contributed by atoms with van der Waals surface area (Å²) in [5.74, 6) is 1.87. The summed E-state index contributed by atoms with van der Waals surface area (Å²) in [5.41, 5.74) is 11.2. The quantitative estimate of drug-likeness (QED) is 0.181. The summed E-state index contributed by atoms with van der Waals surface area (Å²) in [6.45, 7) is 9.68. The lowest BCUT2D eigenvalue weighted by Crippen LogP contribution is -2.34. The Morgan fingerprint density at radius 2 is 1.11 bits per heavy atom. The van der Waals surface area contributed by atoms with Crippen LogP contribution in [0.5, 0.6) is 0 Å². The van der Waals surface area contributed by atoms with Crippen molar-refractivity contribution < 1.29 is 4.42 Å². The van der Waals surface area contributed by atoms with Crippen molar-refractivity contribution in [3.05, 3.63) is 157 Å². The van der Waals surface area contributed by atoms with Gasteiger partial charge < -0.3 is 8.98 Å². The lowest BCUT2D eigenvalue weighted by Gasteiger charge is -2.42. The van der Waals surface area contributed by atoms with Crippen LogP contribution in [0.3, 0.4) is 0 Å². The minimum atomic E-state index is 0.0184. The second kappa shape index (κ2) is 12.0. The van der Waals surface area contributed by atoms with Crippen LogP contribution in [0.25, 0.3) is 94.4 Å². The van der Waals surface area contributed by atoms with Crippen LogP contribution in [0.1, 0.15) is 51.7 Å². The first-order chi connectivity index (χ1) is 27.3. The maximum absolute atomic E-state index is 6.30. The first-order valence-electron chi connectivity index (χ1n) is 19.6. The number of aromatic nitrogens is 4. The zero-order valence-electron chi connectivity index (χ0n) is 32.0. The number of rotatable bonds is 4. The fraction of sp³-hybridized carbons (Fsp3) is 0.157. The maximum atomic E-state index is 6.30. The molecular formula is C51H40N4O. The number of hydrogen-bond donors (Lipinski definition) is 0. The number of fused-ring (bicyclic) bond motifs is 9. The standard InChI is InChI=1S/C51H40N4O/c1-50(2)29-30-51(3,4)45-39(50)28-27-35-34-17-8-10-23-40(34)55(46(35)45)41-24-13-19-32-33(41)20-12-21-36(32)48-52-47(31-15-6-5-7-16-31)53-49(54-48)38-22-14-26-43-44(38)37-18-9-11-25-42(37)56-43/h5-28H,29-30H2,1-4H3. The molecule has 0 saturated carbocycles. The highest BCUT2D eigenvalue weighted by Crippen LogP contribution is 2.51. The van der Waals surface area contributed by atoms with Gasteiger partial charge in [-0.3, -0.25) is 0 Å². The van der Waals surface area contributed by atoms with Crippen LogP contribution in [0.2, 0.25) is 0 Å². The first kappa shape index (κ1) is 32.8. The molecule has 5 heteroatoms. The number of nitrogens with zero attached hydrogens (tertiary/aromatic N) is 4. The molecule has 0 atom stereocenters. The molecule has 0 amide bonds. The maximum Gasteiger partial charge on any atom is 0.164 e. The number of para-hydroxylation sites is 2. The van der Waals surface area contributed by atoms with E-state index in [4.69, 9.17) is 19.4 Å².